The molecule has 0 aromatic rings. The maximum atomic E-state index is 9.44. The Morgan fingerprint density at radius 2 is 2.08 bits per heavy atom. The molecule has 2 unspecified atom stereocenters. The largest absolute Gasteiger partial charge is 0.396 e. The summed E-state index contributed by atoms with van der Waals surface area (Å²) in [4.78, 5) is 0. The average Bonchev–Trinajstić information content (AvgIpc) is 2.17. The smallest absolute Gasteiger partial charge is 0.0489 e. The van der Waals surface area contributed by atoms with Crippen LogP contribution in [0.25, 0.3) is 0 Å². The second kappa shape index (κ2) is 4.27. The highest BCUT2D eigenvalue weighted by atomic mass is 16.3. The predicted molar refractivity (Wildman–Crippen MR) is 52.1 cm³/mol. The summed E-state index contributed by atoms with van der Waals surface area (Å²) in [6.45, 7) is 4.89. The fourth-order valence-electron chi connectivity index (χ4n) is 2.80. The fraction of sp³-hybridized carbons (Fsp3) is 1.00. The van der Waals surface area contributed by atoms with Gasteiger partial charge in [-0.15, -0.1) is 0 Å². The number of aliphatic hydroxyl groups is 1. The quantitative estimate of drug-likeness (QED) is 0.690. The van der Waals surface area contributed by atoms with Crippen LogP contribution in [0.2, 0.25) is 0 Å². The van der Waals surface area contributed by atoms with Crippen molar-refractivity contribution in [3.63, 3.8) is 0 Å². The van der Waals surface area contributed by atoms with Crippen molar-refractivity contribution in [2.24, 2.45) is 11.3 Å². The van der Waals surface area contributed by atoms with Crippen molar-refractivity contribution >= 4 is 0 Å². The molecular formula is C11H22O. The Morgan fingerprint density at radius 3 is 2.50 bits per heavy atom. The minimum Gasteiger partial charge on any atom is -0.396 e. The standard InChI is InChI=1S/C11H22O/c1-3-10-7-5-6-8-11(10,4-2)9-12/h10,12H,3-9H2,1-2H3. The number of hydrogen-bond donors (Lipinski definition) is 1. The zero-order valence-corrected chi connectivity index (χ0v) is 8.47. The van der Waals surface area contributed by atoms with Gasteiger partial charge in [0.25, 0.3) is 0 Å². The second-order valence-corrected chi connectivity index (χ2v) is 4.22. The first kappa shape index (κ1) is 10.0. The van der Waals surface area contributed by atoms with Crippen molar-refractivity contribution in [2.75, 3.05) is 6.61 Å². The van der Waals surface area contributed by atoms with Gasteiger partial charge in [-0.1, -0.05) is 33.1 Å². The Bertz CT molecular complexity index is 127. The van der Waals surface area contributed by atoms with Crippen LogP contribution in [0.1, 0.15) is 52.4 Å². The molecule has 1 rings (SSSR count). The molecule has 72 valence electrons. The van der Waals surface area contributed by atoms with Crippen molar-refractivity contribution in [1.29, 1.82) is 0 Å². The van der Waals surface area contributed by atoms with Crippen LogP contribution in [0.15, 0.2) is 0 Å². The van der Waals surface area contributed by atoms with Crippen LogP contribution in [0.4, 0.5) is 0 Å². The summed E-state index contributed by atoms with van der Waals surface area (Å²) in [6.07, 6.45) is 7.69. The van der Waals surface area contributed by atoms with Gasteiger partial charge in [0.15, 0.2) is 0 Å². The summed E-state index contributed by atoms with van der Waals surface area (Å²) >= 11 is 0. The summed E-state index contributed by atoms with van der Waals surface area (Å²) < 4.78 is 0. The van der Waals surface area contributed by atoms with Gasteiger partial charge in [0, 0.05) is 6.61 Å². The highest BCUT2D eigenvalue weighted by molar-refractivity contribution is 4.87. The minimum atomic E-state index is 0.285. The topological polar surface area (TPSA) is 20.2 Å². The molecule has 0 radical (unpaired) electrons. The van der Waals surface area contributed by atoms with Gasteiger partial charge in [0.2, 0.25) is 0 Å². The molecular weight excluding hydrogens is 148 g/mol. The third-order valence-corrected chi connectivity index (χ3v) is 3.86. The molecule has 0 aromatic carbocycles. The Kier molecular flexibility index (Phi) is 3.57. The maximum absolute atomic E-state index is 9.44. The Hall–Kier alpha value is -0.0400. The van der Waals surface area contributed by atoms with E-state index in [4.69, 9.17) is 0 Å². The maximum Gasteiger partial charge on any atom is 0.0489 e. The van der Waals surface area contributed by atoms with Crippen molar-refractivity contribution < 1.29 is 5.11 Å². The third-order valence-electron chi connectivity index (χ3n) is 3.86. The molecule has 1 nitrogen and oxygen atoms in total. The highest BCUT2D eigenvalue weighted by Crippen LogP contribution is 2.44. The van der Waals surface area contributed by atoms with E-state index in [1.54, 1.807) is 0 Å². The lowest BCUT2D eigenvalue weighted by atomic mass is 9.64. The van der Waals surface area contributed by atoms with Crippen LogP contribution in [-0.2, 0) is 0 Å². The van der Waals surface area contributed by atoms with Crippen molar-refractivity contribution in [3.8, 4) is 0 Å². The molecule has 1 aliphatic rings. The monoisotopic (exact) mass is 170 g/mol. The van der Waals surface area contributed by atoms with Gasteiger partial charge in [0.1, 0.15) is 0 Å². The first-order valence-electron chi connectivity index (χ1n) is 5.40. The summed E-state index contributed by atoms with van der Waals surface area (Å²) in [5, 5.41) is 9.44. The molecule has 0 aliphatic heterocycles. The van der Waals surface area contributed by atoms with Crippen LogP contribution in [0.5, 0.6) is 0 Å². The molecule has 2 atom stereocenters. The van der Waals surface area contributed by atoms with E-state index < -0.39 is 0 Å². The molecule has 1 N–H and O–H groups in total. The molecule has 0 heterocycles. The molecule has 0 saturated heterocycles. The van der Waals surface area contributed by atoms with Crippen molar-refractivity contribution in [3.05, 3.63) is 0 Å². The van der Waals surface area contributed by atoms with Gasteiger partial charge >= 0.3 is 0 Å². The summed E-state index contributed by atoms with van der Waals surface area (Å²) in [6, 6.07) is 0. The van der Waals surface area contributed by atoms with Crippen LogP contribution < -0.4 is 0 Å². The first-order valence-corrected chi connectivity index (χ1v) is 5.40. The molecule has 0 spiro atoms. The normalized spacial score (nSPS) is 36.8. The lowest BCUT2D eigenvalue weighted by Crippen LogP contribution is -2.36. The zero-order valence-electron chi connectivity index (χ0n) is 8.47. The fourth-order valence-corrected chi connectivity index (χ4v) is 2.80. The van der Waals surface area contributed by atoms with E-state index in [1.165, 1.54) is 32.1 Å². The van der Waals surface area contributed by atoms with Gasteiger partial charge in [-0.3, -0.25) is 0 Å². The summed E-state index contributed by atoms with van der Waals surface area (Å²) in [5.74, 6) is 0.779. The van der Waals surface area contributed by atoms with E-state index in [0.717, 1.165) is 12.3 Å². The zero-order chi connectivity index (χ0) is 9.03. The Morgan fingerprint density at radius 1 is 1.33 bits per heavy atom. The molecule has 1 saturated carbocycles. The van der Waals surface area contributed by atoms with Crippen molar-refractivity contribution in [2.45, 2.75) is 52.4 Å². The average molecular weight is 170 g/mol. The SMILES string of the molecule is CCC1CCCCC1(CC)CO. The van der Waals surface area contributed by atoms with Gasteiger partial charge in [-0.25, -0.2) is 0 Å². The van der Waals surface area contributed by atoms with Crippen molar-refractivity contribution in [1.82, 2.24) is 0 Å². The molecule has 1 aliphatic carbocycles. The van der Waals surface area contributed by atoms with Crippen LogP contribution in [-0.4, -0.2) is 11.7 Å². The van der Waals surface area contributed by atoms with E-state index in [9.17, 15) is 5.11 Å². The molecule has 0 amide bonds. The number of rotatable bonds is 3. The van der Waals surface area contributed by atoms with E-state index in [2.05, 4.69) is 13.8 Å². The molecule has 1 heteroatoms. The van der Waals surface area contributed by atoms with Gasteiger partial charge in [-0.2, -0.15) is 0 Å². The number of aliphatic hydroxyl groups excluding tert-OH is 1. The molecule has 0 aromatic heterocycles. The lowest BCUT2D eigenvalue weighted by molar-refractivity contribution is 0.0176. The van der Waals surface area contributed by atoms with E-state index >= 15 is 0 Å². The Balaban J connectivity index is 2.66. The minimum absolute atomic E-state index is 0.285. The van der Waals surface area contributed by atoms with Gasteiger partial charge in [0.05, 0.1) is 0 Å². The third kappa shape index (κ3) is 1.66. The highest BCUT2D eigenvalue weighted by Gasteiger charge is 2.37. The van der Waals surface area contributed by atoms with Gasteiger partial charge in [-0.05, 0) is 30.6 Å². The van der Waals surface area contributed by atoms with Crippen LogP contribution in [0, 0.1) is 11.3 Å². The van der Waals surface area contributed by atoms with Crippen LogP contribution in [0.3, 0.4) is 0 Å². The van der Waals surface area contributed by atoms with E-state index in [1.807, 2.05) is 0 Å². The molecule has 0 bridgehead atoms. The lowest BCUT2D eigenvalue weighted by Gasteiger charge is -2.42. The Labute approximate surface area is 76.2 Å². The van der Waals surface area contributed by atoms with Gasteiger partial charge < -0.3 is 5.11 Å². The number of hydrogen-bond acceptors (Lipinski definition) is 1. The first-order chi connectivity index (χ1) is 5.79. The molecule has 1 fully saturated rings. The van der Waals surface area contributed by atoms with E-state index in [-0.39, 0.29) is 5.41 Å². The summed E-state index contributed by atoms with van der Waals surface area (Å²) in [7, 11) is 0. The van der Waals surface area contributed by atoms with Crippen LogP contribution >= 0.6 is 0 Å². The molecule has 12 heavy (non-hydrogen) atoms. The summed E-state index contributed by atoms with van der Waals surface area (Å²) in [5.41, 5.74) is 0.285. The predicted octanol–water partition coefficient (Wildman–Crippen LogP) is 2.98. The van der Waals surface area contributed by atoms with E-state index in [0.29, 0.717) is 6.61 Å². The second-order valence-electron chi connectivity index (χ2n) is 4.22.